The lowest BCUT2D eigenvalue weighted by atomic mass is 9.85. The Balaban J connectivity index is 1.87. The van der Waals surface area contributed by atoms with Crippen LogP contribution in [0.5, 0.6) is 5.75 Å². The van der Waals surface area contributed by atoms with Crippen molar-refractivity contribution in [2.24, 2.45) is 0 Å². The standard InChI is InChI=1S/C17H18FNO/c1-19-17-13-7-3-2-6-12(13)10-11-16(17)20-15-9-5-4-8-14(15)18/h2-9,16-17,19H,10-11H2,1H3. The van der Waals surface area contributed by atoms with Gasteiger partial charge in [0.1, 0.15) is 6.10 Å². The molecule has 1 aliphatic rings. The summed E-state index contributed by atoms with van der Waals surface area (Å²) in [7, 11) is 1.92. The van der Waals surface area contributed by atoms with Gasteiger partial charge < -0.3 is 10.1 Å². The lowest BCUT2D eigenvalue weighted by Crippen LogP contribution is -2.38. The minimum absolute atomic E-state index is 0.0493. The first-order valence-corrected chi connectivity index (χ1v) is 6.96. The highest BCUT2D eigenvalue weighted by atomic mass is 19.1. The molecule has 0 aromatic heterocycles. The highest BCUT2D eigenvalue weighted by molar-refractivity contribution is 5.34. The molecule has 1 aliphatic carbocycles. The van der Waals surface area contributed by atoms with Crippen molar-refractivity contribution in [2.75, 3.05) is 7.05 Å². The van der Waals surface area contributed by atoms with E-state index in [4.69, 9.17) is 4.74 Å². The monoisotopic (exact) mass is 271 g/mol. The molecule has 104 valence electrons. The molecule has 1 N–H and O–H groups in total. The number of nitrogens with one attached hydrogen (secondary N) is 1. The number of likely N-dealkylation sites (N-methyl/N-ethyl adjacent to an activating group) is 1. The summed E-state index contributed by atoms with van der Waals surface area (Å²) in [6.07, 6.45) is 1.80. The van der Waals surface area contributed by atoms with E-state index in [2.05, 4.69) is 23.5 Å². The molecule has 0 saturated heterocycles. The quantitative estimate of drug-likeness (QED) is 0.922. The third-order valence-electron chi connectivity index (χ3n) is 3.89. The van der Waals surface area contributed by atoms with Gasteiger partial charge in [0.05, 0.1) is 6.04 Å². The van der Waals surface area contributed by atoms with E-state index >= 15 is 0 Å². The zero-order valence-corrected chi connectivity index (χ0v) is 11.5. The normalized spacial score (nSPS) is 21.3. The first-order chi connectivity index (χ1) is 9.79. The molecular weight excluding hydrogens is 253 g/mol. The third-order valence-corrected chi connectivity index (χ3v) is 3.89. The number of para-hydroxylation sites is 1. The van der Waals surface area contributed by atoms with Crippen molar-refractivity contribution in [3.05, 3.63) is 65.5 Å². The molecule has 0 radical (unpaired) electrons. The van der Waals surface area contributed by atoms with Gasteiger partial charge in [-0.2, -0.15) is 0 Å². The van der Waals surface area contributed by atoms with Crippen LogP contribution in [0.4, 0.5) is 4.39 Å². The maximum Gasteiger partial charge on any atom is 0.165 e. The lowest BCUT2D eigenvalue weighted by Gasteiger charge is -2.33. The van der Waals surface area contributed by atoms with Gasteiger partial charge in [0, 0.05) is 0 Å². The third kappa shape index (κ3) is 2.41. The van der Waals surface area contributed by atoms with Crippen LogP contribution in [0.1, 0.15) is 23.6 Å². The van der Waals surface area contributed by atoms with Crippen LogP contribution >= 0.6 is 0 Å². The first-order valence-electron chi connectivity index (χ1n) is 6.96. The average Bonchev–Trinajstić information content (AvgIpc) is 2.49. The summed E-state index contributed by atoms with van der Waals surface area (Å²) in [5.74, 6) is 0.0262. The summed E-state index contributed by atoms with van der Waals surface area (Å²) in [5, 5.41) is 3.30. The van der Waals surface area contributed by atoms with E-state index in [1.165, 1.54) is 17.2 Å². The van der Waals surface area contributed by atoms with Crippen molar-refractivity contribution >= 4 is 0 Å². The van der Waals surface area contributed by atoms with Crippen LogP contribution in [-0.4, -0.2) is 13.2 Å². The second-order valence-corrected chi connectivity index (χ2v) is 5.09. The molecule has 0 aliphatic heterocycles. The summed E-state index contributed by atoms with van der Waals surface area (Å²) >= 11 is 0. The summed E-state index contributed by atoms with van der Waals surface area (Å²) in [6, 6.07) is 15.0. The van der Waals surface area contributed by atoms with Crippen LogP contribution in [0.2, 0.25) is 0 Å². The van der Waals surface area contributed by atoms with Crippen LogP contribution in [0.25, 0.3) is 0 Å². The Bertz CT molecular complexity index is 599. The Morgan fingerprint density at radius 1 is 1.10 bits per heavy atom. The van der Waals surface area contributed by atoms with E-state index in [-0.39, 0.29) is 18.0 Å². The topological polar surface area (TPSA) is 21.3 Å². The maximum atomic E-state index is 13.7. The average molecular weight is 271 g/mol. The van der Waals surface area contributed by atoms with Crippen LogP contribution in [0.3, 0.4) is 0 Å². The number of rotatable bonds is 3. The number of aryl methyl sites for hydroxylation is 1. The van der Waals surface area contributed by atoms with Gasteiger partial charge in [-0.15, -0.1) is 0 Å². The number of fused-ring (bicyclic) bond motifs is 1. The second kappa shape index (κ2) is 5.63. The van der Waals surface area contributed by atoms with Crippen molar-refractivity contribution in [3.63, 3.8) is 0 Å². The highest BCUT2D eigenvalue weighted by Gasteiger charge is 2.30. The predicted octanol–water partition coefficient (Wildman–Crippen LogP) is 3.48. The van der Waals surface area contributed by atoms with E-state index in [9.17, 15) is 4.39 Å². The molecule has 0 heterocycles. The highest BCUT2D eigenvalue weighted by Crippen LogP contribution is 2.33. The molecule has 2 atom stereocenters. The molecule has 0 bridgehead atoms. The molecule has 0 amide bonds. The minimum atomic E-state index is -0.304. The number of hydrogen-bond donors (Lipinski definition) is 1. The van der Waals surface area contributed by atoms with Crippen LogP contribution < -0.4 is 10.1 Å². The van der Waals surface area contributed by atoms with Gasteiger partial charge in [0.25, 0.3) is 0 Å². The van der Waals surface area contributed by atoms with Gasteiger partial charge in [-0.3, -0.25) is 0 Å². The van der Waals surface area contributed by atoms with Gasteiger partial charge in [-0.05, 0) is 43.1 Å². The Morgan fingerprint density at radius 2 is 1.85 bits per heavy atom. The molecule has 0 fully saturated rings. The van der Waals surface area contributed by atoms with Gasteiger partial charge in [-0.1, -0.05) is 36.4 Å². The molecule has 3 rings (SSSR count). The summed E-state index contributed by atoms with van der Waals surface area (Å²) in [6.45, 7) is 0. The summed E-state index contributed by atoms with van der Waals surface area (Å²) < 4.78 is 19.6. The van der Waals surface area contributed by atoms with Crippen molar-refractivity contribution in [2.45, 2.75) is 25.0 Å². The fraction of sp³-hybridized carbons (Fsp3) is 0.294. The Labute approximate surface area is 118 Å². The van der Waals surface area contributed by atoms with Gasteiger partial charge in [0.15, 0.2) is 11.6 Å². The van der Waals surface area contributed by atoms with Crippen molar-refractivity contribution in [1.82, 2.24) is 5.32 Å². The maximum absolute atomic E-state index is 13.7. The van der Waals surface area contributed by atoms with Gasteiger partial charge >= 0.3 is 0 Å². The predicted molar refractivity (Wildman–Crippen MR) is 77.4 cm³/mol. The van der Waals surface area contributed by atoms with Gasteiger partial charge in [0.2, 0.25) is 0 Å². The van der Waals surface area contributed by atoms with E-state index in [0.29, 0.717) is 5.75 Å². The van der Waals surface area contributed by atoms with Crippen LogP contribution in [-0.2, 0) is 6.42 Å². The van der Waals surface area contributed by atoms with Gasteiger partial charge in [-0.25, -0.2) is 4.39 Å². The fourth-order valence-electron chi connectivity index (χ4n) is 2.90. The largest absolute Gasteiger partial charge is 0.485 e. The van der Waals surface area contributed by atoms with E-state index < -0.39 is 0 Å². The Hall–Kier alpha value is -1.87. The number of hydrogen-bond acceptors (Lipinski definition) is 2. The molecule has 2 aromatic rings. The Kier molecular flexibility index (Phi) is 3.70. The van der Waals surface area contributed by atoms with Crippen molar-refractivity contribution in [3.8, 4) is 5.75 Å². The molecule has 2 unspecified atom stereocenters. The van der Waals surface area contributed by atoms with Crippen LogP contribution in [0, 0.1) is 5.82 Å². The number of benzene rings is 2. The number of ether oxygens (including phenoxy) is 1. The first kappa shape index (κ1) is 13.1. The second-order valence-electron chi connectivity index (χ2n) is 5.09. The molecule has 0 spiro atoms. The SMILES string of the molecule is CNC1c2ccccc2CCC1Oc1ccccc1F. The summed E-state index contributed by atoms with van der Waals surface area (Å²) in [4.78, 5) is 0. The molecule has 2 nitrogen and oxygen atoms in total. The van der Waals surface area contributed by atoms with Crippen molar-refractivity contribution in [1.29, 1.82) is 0 Å². The lowest BCUT2D eigenvalue weighted by molar-refractivity contribution is 0.133. The fourth-order valence-corrected chi connectivity index (χ4v) is 2.90. The van der Waals surface area contributed by atoms with Crippen molar-refractivity contribution < 1.29 is 9.13 Å². The van der Waals surface area contributed by atoms with Crippen LogP contribution in [0.15, 0.2) is 48.5 Å². The smallest absolute Gasteiger partial charge is 0.165 e. The zero-order chi connectivity index (χ0) is 13.9. The number of halogens is 1. The zero-order valence-electron chi connectivity index (χ0n) is 11.5. The molecule has 2 aromatic carbocycles. The Morgan fingerprint density at radius 3 is 2.65 bits per heavy atom. The molecule has 20 heavy (non-hydrogen) atoms. The summed E-state index contributed by atoms with van der Waals surface area (Å²) in [5.41, 5.74) is 2.60. The molecule has 3 heteroatoms. The molecule has 0 saturated carbocycles. The van der Waals surface area contributed by atoms with E-state index in [1.54, 1.807) is 18.2 Å². The minimum Gasteiger partial charge on any atom is -0.485 e. The molecular formula is C17H18FNO. The van der Waals surface area contributed by atoms with E-state index in [1.807, 2.05) is 13.1 Å². The van der Waals surface area contributed by atoms with E-state index in [0.717, 1.165) is 12.8 Å².